The van der Waals surface area contributed by atoms with Crippen molar-refractivity contribution < 1.29 is 22.8 Å². The molecule has 25 heavy (non-hydrogen) atoms. The van der Waals surface area contributed by atoms with Crippen LogP contribution in [0.2, 0.25) is 0 Å². The molecular formula is C17H21F2N3O3. The summed E-state index contributed by atoms with van der Waals surface area (Å²) in [7, 11) is 0. The van der Waals surface area contributed by atoms with Crippen molar-refractivity contribution in [1.82, 2.24) is 5.16 Å². The molecular weight excluding hydrogens is 332 g/mol. The van der Waals surface area contributed by atoms with E-state index in [-0.39, 0.29) is 5.91 Å². The number of anilines is 2. The second-order valence-corrected chi connectivity index (χ2v) is 5.60. The van der Waals surface area contributed by atoms with Crippen molar-refractivity contribution in [3.05, 3.63) is 35.6 Å². The summed E-state index contributed by atoms with van der Waals surface area (Å²) in [4.78, 5) is 12.3. The fourth-order valence-corrected chi connectivity index (χ4v) is 2.19. The second-order valence-electron chi connectivity index (χ2n) is 5.60. The Morgan fingerprint density at radius 2 is 2.08 bits per heavy atom. The number of halogens is 2. The standard InChI is InChI=1S/C17H21F2N3O3/c1-4-13(17(23)21-16-7-11(3)25-22-16)20-12-6-5-10(2)14(8-12)24-9-15(18)19/h5-8,13,15,20H,4,9H2,1-3H3,(H,21,22,23). The van der Waals surface area contributed by atoms with Gasteiger partial charge >= 0.3 is 0 Å². The molecule has 2 aromatic rings. The number of alkyl halides is 2. The molecule has 6 nitrogen and oxygen atoms in total. The average molecular weight is 353 g/mol. The van der Waals surface area contributed by atoms with Gasteiger partial charge in [-0.3, -0.25) is 4.79 Å². The summed E-state index contributed by atoms with van der Waals surface area (Å²) < 4.78 is 34.7. The number of nitrogens with zero attached hydrogens (tertiary/aromatic N) is 1. The quantitative estimate of drug-likeness (QED) is 0.756. The van der Waals surface area contributed by atoms with Crippen LogP contribution in [0.25, 0.3) is 0 Å². The van der Waals surface area contributed by atoms with Gasteiger partial charge in [-0.05, 0) is 31.9 Å². The van der Waals surface area contributed by atoms with E-state index in [1.54, 1.807) is 38.1 Å². The van der Waals surface area contributed by atoms with Crippen LogP contribution >= 0.6 is 0 Å². The monoisotopic (exact) mass is 353 g/mol. The molecule has 1 heterocycles. The van der Waals surface area contributed by atoms with Crippen LogP contribution in [-0.4, -0.2) is 30.1 Å². The van der Waals surface area contributed by atoms with E-state index in [1.807, 2.05) is 6.92 Å². The molecule has 1 atom stereocenters. The Kier molecular flexibility index (Phi) is 6.32. The molecule has 2 rings (SSSR count). The van der Waals surface area contributed by atoms with Gasteiger partial charge < -0.3 is 19.9 Å². The fraction of sp³-hybridized carbons (Fsp3) is 0.412. The van der Waals surface area contributed by atoms with Crippen LogP contribution in [0, 0.1) is 13.8 Å². The van der Waals surface area contributed by atoms with Crippen molar-refractivity contribution in [3.63, 3.8) is 0 Å². The van der Waals surface area contributed by atoms with Gasteiger partial charge in [0, 0.05) is 17.8 Å². The third kappa shape index (κ3) is 5.44. The maximum absolute atomic E-state index is 12.3. The van der Waals surface area contributed by atoms with Gasteiger partial charge in [0.05, 0.1) is 0 Å². The van der Waals surface area contributed by atoms with Crippen molar-refractivity contribution in [3.8, 4) is 5.75 Å². The zero-order valence-electron chi connectivity index (χ0n) is 14.3. The number of rotatable bonds is 8. The zero-order chi connectivity index (χ0) is 18.4. The van der Waals surface area contributed by atoms with E-state index in [1.165, 1.54) is 0 Å². The summed E-state index contributed by atoms with van der Waals surface area (Å²) in [5, 5.41) is 9.46. The molecule has 0 fully saturated rings. The lowest BCUT2D eigenvalue weighted by atomic mass is 10.1. The molecule has 0 radical (unpaired) electrons. The summed E-state index contributed by atoms with van der Waals surface area (Å²) in [5.41, 5.74) is 1.34. The highest BCUT2D eigenvalue weighted by Gasteiger charge is 2.18. The largest absolute Gasteiger partial charge is 0.487 e. The molecule has 8 heteroatoms. The maximum atomic E-state index is 12.3. The second kappa shape index (κ2) is 8.46. The summed E-state index contributed by atoms with van der Waals surface area (Å²) in [6, 6.07) is 6.21. The number of hydrogen-bond donors (Lipinski definition) is 2. The van der Waals surface area contributed by atoms with E-state index in [0.717, 1.165) is 5.56 Å². The van der Waals surface area contributed by atoms with Gasteiger partial charge in [-0.25, -0.2) is 8.78 Å². The topological polar surface area (TPSA) is 76.4 Å². The lowest BCUT2D eigenvalue weighted by Crippen LogP contribution is -2.34. The minimum atomic E-state index is -2.55. The van der Waals surface area contributed by atoms with E-state index in [4.69, 9.17) is 9.26 Å². The first-order valence-corrected chi connectivity index (χ1v) is 7.91. The minimum absolute atomic E-state index is 0.272. The van der Waals surface area contributed by atoms with Crippen molar-refractivity contribution >= 4 is 17.4 Å². The summed E-state index contributed by atoms with van der Waals surface area (Å²) in [6.45, 7) is 4.67. The average Bonchev–Trinajstić information content (AvgIpc) is 2.97. The molecule has 1 aromatic heterocycles. The van der Waals surface area contributed by atoms with E-state index in [0.29, 0.717) is 29.4 Å². The number of amides is 1. The molecule has 0 saturated carbocycles. The Morgan fingerprint density at radius 1 is 1.32 bits per heavy atom. The molecule has 0 bridgehead atoms. The predicted molar refractivity (Wildman–Crippen MR) is 90.2 cm³/mol. The van der Waals surface area contributed by atoms with Crippen molar-refractivity contribution in [2.75, 3.05) is 17.2 Å². The Morgan fingerprint density at radius 3 is 2.68 bits per heavy atom. The first-order valence-electron chi connectivity index (χ1n) is 7.91. The molecule has 1 unspecified atom stereocenters. The Balaban J connectivity index is 2.04. The number of aryl methyl sites for hydroxylation is 2. The van der Waals surface area contributed by atoms with Gasteiger partial charge in [0.1, 0.15) is 24.2 Å². The first-order chi connectivity index (χ1) is 11.9. The Bertz CT molecular complexity index is 719. The Labute approximate surface area is 144 Å². The van der Waals surface area contributed by atoms with Crippen LogP contribution in [0.4, 0.5) is 20.3 Å². The normalized spacial score (nSPS) is 12.1. The van der Waals surface area contributed by atoms with Crippen LogP contribution in [-0.2, 0) is 4.79 Å². The molecule has 2 N–H and O–H groups in total. The number of benzene rings is 1. The maximum Gasteiger partial charge on any atom is 0.272 e. The van der Waals surface area contributed by atoms with Crippen molar-refractivity contribution in [2.24, 2.45) is 0 Å². The van der Waals surface area contributed by atoms with Gasteiger partial charge in [0.2, 0.25) is 5.91 Å². The summed E-state index contributed by atoms with van der Waals surface area (Å²) in [6.07, 6.45) is -2.03. The number of ether oxygens (including phenoxy) is 1. The molecule has 136 valence electrons. The zero-order valence-corrected chi connectivity index (χ0v) is 14.3. The van der Waals surface area contributed by atoms with Crippen LogP contribution in [0.5, 0.6) is 5.75 Å². The highest BCUT2D eigenvalue weighted by atomic mass is 19.3. The lowest BCUT2D eigenvalue weighted by molar-refractivity contribution is -0.117. The van der Waals surface area contributed by atoms with Gasteiger partial charge in [-0.15, -0.1) is 0 Å². The molecule has 0 aliphatic carbocycles. The van der Waals surface area contributed by atoms with Crippen LogP contribution in [0.15, 0.2) is 28.8 Å². The van der Waals surface area contributed by atoms with Crippen LogP contribution < -0.4 is 15.4 Å². The fourth-order valence-electron chi connectivity index (χ4n) is 2.19. The van der Waals surface area contributed by atoms with Crippen LogP contribution in [0.3, 0.4) is 0 Å². The number of carbonyl (C=O) groups is 1. The minimum Gasteiger partial charge on any atom is -0.487 e. The van der Waals surface area contributed by atoms with Crippen LogP contribution in [0.1, 0.15) is 24.7 Å². The van der Waals surface area contributed by atoms with Crippen molar-refractivity contribution in [2.45, 2.75) is 39.7 Å². The first kappa shape index (κ1) is 18.7. The number of nitrogens with one attached hydrogen (secondary N) is 2. The smallest absolute Gasteiger partial charge is 0.272 e. The molecule has 1 aromatic carbocycles. The van der Waals surface area contributed by atoms with Gasteiger partial charge in [-0.1, -0.05) is 18.1 Å². The molecule has 0 saturated heterocycles. The van der Waals surface area contributed by atoms with Crippen molar-refractivity contribution in [1.29, 1.82) is 0 Å². The third-order valence-corrected chi connectivity index (χ3v) is 3.50. The number of aromatic nitrogens is 1. The Hall–Kier alpha value is -2.64. The van der Waals surface area contributed by atoms with Gasteiger partial charge in [0.25, 0.3) is 6.43 Å². The molecule has 0 aliphatic heterocycles. The summed E-state index contributed by atoms with van der Waals surface area (Å²) in [5.74, 6) is 1.02. The summed E-state index contributed by atoms with van der Waals surface area (Å²) >= 11 is 0. The predicted octanol–water partition coefficient (Wildman–Crippen LogP) is 3.76. The van der Waals surface area contributed by atoms with E-state index in [2.05, 4.69) is 15.8 Å². The van der Waals surface area contributed by atoms with Gasteiger partial charge in [0.15, 0.2) is 5.82 Å². The van der Waals surface area contributed by atoms with Gasteiger partial charge in [-0.2, -0.15) is 0 Å². The highest BCUT2D eigenvalue weighted by Crippen LogP contribution is 2.24. The molecule has 0 spiro atoms. The lowest BCUT2D eigenvalue weighted by Gasteiger charge is -2.18. The number of carbonyl (C=O) groups excluding carboxylic acids is 1. The third-order valence-electron chi connectivity index (χ3n) is 3.50. The van der Waals surface area contributed by atoms with E-state index in [9.17, 15) is 13.6 Å². The molecule has 0 aliphatic rings. The SMILES string of the molecule is CCC(Nc1ccc(C)c(OCC(F)F)c1)C(=O)Nc1cc(C)on1. The van der Waals surface area contributed by atoms with E-state index >= 15 is 0 Å². The highest BCUT2D eigenvalue weighted by molar-refractivity contribution is 5.95. The molecule has 1 amide bonds. The van der Waals surface area contributed by atoms with E-state index < -0.39 is 19.1 Å². The number of hydrogen-bond acceptors (Lipinski definition) is 5.